The molecule has 2 aromatic carbocycles. The highest BCUT2D eigenvalue weighted by molar-refractivity contribution is 5.85. The van der Waals surface area contributed by atoms with Gasteiger partial charge < -0.3 is 9.84 Å². The smallest absolute Gasteiger partial charge is 0.166 e. The second kappa shape index (κ2) is 6.86. The molecule has 114 valence electrons. The number of Topliss-reactive ketones (excluding diaryl/α,β-unsaturated/α-hetero) is 1. The summed E-state index contributed by atoms with van der Waals surface area (Å²) in [6.07, 6.45) is 0.0287. The van der Waals surface area contributed by atoms with E-state index in [1.807, 2.05) is 60.7 Å². The highest BCUT2D eigenvalue weighted by Crippen LogP contribution is 2.32. The molecule has 2 aromatic rings. The van der Waals surface area contributed by atoms with E-state index in [0.29, 0.717) is 19.3 Å². The molecule has 1 fully saturated rings. The molecule has 0 saturated carbocycles. The van der Waals surface area contributed by atoms with Crippen LogP contribution in [0.5, 0.6) is 0 Å². The van der Waals surface area contributed by atoms with E-state index in [1.165, 1.54) is 0 Å². The van der Waals surface area contributed by atoms with Crippen molar-refractivity contribution in [2.24, 2.45) is 0 Å². The van der Waals surface area contributed by atoms with Gasteiger partial charge in [-0.2, -0.15) is 0 Å². The first-order valence-electron chi connectivity index (χ1n) is 7.67. The molecule has 0 aliphatic carbocycles. The van der Waals surface area contributed by atoms with Crippen LogP contribution in [0.2, 0.25) is 0 Å². The van der Waals surface area contributed by atoms with Crippen molar-refractivity contribution in [3.63, 3.8) is 0 Å². The van der Waals surface area contributed by atoms with E-state index >= 15 is 0 Å². The second-order valence-corrected chi connectivity index (χ2v) is 5.78. The zero-order valence-corrected chi connectivity index (χ0v) is 12.4. The monoisotopic (exact) mass is 296 g/mol. The molecule has 1 saturated heterocycles. The average Bonchev–Trinajstić information content (AvgIpc) is 2.56. The Morgan fingerprint density at radius 3 is 2.32 bits per heavy atom. The zero-order chi connectivity index (χ0) is 15.4. The second-order valence-electron chi connectivity index (χ2n) is 5.78. The van der Waals surface area contributed by atoms with Gasteiger partial charge >= 0.3 is 0 Å². The lowest BCUT2D eigenvalue weighted by molar-refractivity contribution is -0.147. The molecule has 1 aliphatic heterocycles. The molecule has 1 N–H and O–H groups in total. The van der Waals surface area contributed by atoms with Gasteiger partial charge in [0.15, 0.2) is 5.78 Å². The first-order valence-corrected chi connectivity index (χ1v) is 7.67. The van der Waals surface area contributed by atoms with Crippen molar-refractivity contribution in [3.8, 4) is 0 Å². The van der Waals surface area contributed by atoms with Crippen LogP contribution in [-0.4, -0.2) is 23.1 Å². The van der Waals surface area contributed by atoms with Crippen LogP contribution in [-0.2, 0) is 16.0 Å². The van der Waals surface area contributed by atoms with Crippen molar-refractivity contribution in [3.05, 3.63) is 71.8 Å². The molecule has 1 aliphatic rings. The lowest BCUT2D eigenvalue weighted by atomic mass is 9.93. The molecule has 0 aromatic heterocycles. The number of hydrogen-bond donors (Lipinski definition) is 1. The third-order valence-corrected chi connectivity index (χ3v) is 4.05. The van der Waals surface area contributed by atoms with Crippen LogP contribution in [0.4, 0.5) is 0 Å². The number of carbonyl (C=O) groups excluding carboxylic acids is 1. The van der Waals surface area contributed by atoms with Gasteiger partial charge in [-0.15, -0.1) is 0 Å². The van der Waals surface area contributed by atoms with Crippen LogP contribution in [0.25, 0.3) is 0 Å². The number of ether oxygens (including phenoxy) is 1. The quantitative estimate of drug-likeness (QED) is 0.943. The topological polar surface area (TPSA) is 46.5 Å². The number of rotatable bonds is 4. The van der Waals surface area contributed by atoms with Crippen LogP contribution in [0, 0.1) is 0 Å². The fraction of sp³-hybridized carbons (Fsp3) is 0.316. The lowest BCUT2D eigenvalue weighted by Gasteiger charge is -2.32. The largest absolute Gasteiger partial charge is 0.393 e. The highest BCUT2D eigenvalue weighted by atomic mass is 16.5. The summed E-state index contributed by atoms with van der Waals surface area (Å²) in [5.74, 6) is 0.0332. The van der Waals surface area contributed by atoms with Gasteiger partial charge in [-0.1, -0.05) is 60.7 Å². The molecular weight excluding hydrogens is 276 g/mol. The van der Waals surface area contributed by atoms with Gasteiger partial charge in [-0.25, -0.2) is 0 Å². The van der Waals surface area contributed by atoms with Crippen molar-refractivity contribution in [2.45, 2.75) is 37.6 Å². The molecule has 0 spiro atoms. The maximum atomic E-state index is 12.5. The summed E-state index contributed by atoms with van der Waals surface area (Å²) in [6, 6.07) is 19.4. The predicted molar refractivity (Wildman–Crippen MR) is 84.4 cm³/mol. The van der Waals surface area contributed by atoms with Gasteiger partial charge in [0.05, 0.1) is 12.2 Å². The standard InChI is InChI=1S/C19H20O3/c20-16-12-18(15-9-5-2-6-10-15)22-19(13-16)17(21)11-14-7-3-1-4-8-14/h1-10,16,18-20H,11-13H2/t16?,18-,19?/m1/s1. The maximum absolute atomic E-state index is 12.5. The summed E-state index contributed by atoms with van der Waals surface area (Å²) in [7, 11) is 0. The van der Waals surface area contributed by atoms with Gasteiger partial charge in [0.25, 0.3) is 0 Å². The van der Waals surface area contributed by atoms with E-state index in [-0.39, 0.29) is 11.9 Å². The highest BCUT2D eigenvalue weighted by Gasteiger charge is 2.33. The molecule has 22 heavy (non-hydrogen) atoms. The van der Waals surface area contributed by atoms with Crippen LogP contribution < -0.4 is 0 Å². The zero-order valence-electron chi connectivity index (χ0n) is 12.4. The molecule has 3 nitrogen and oxygen atoms in total. The lowest BCUT2D eigenvalue weighted by Crippen LogP contribution is -2.37. The van der Waals surface area contributed by atoms with Gasteiger partial charge in [0.1, 0.15) is 6.10 Å². The molecule has 3 heteroatoms. The normalized spacial score (nSPS) is 24.9. The maximum Gasteiger partial charge on any atom is 0.166 e. The summed E-state index contributed by atoms with van der Waals surface area (Å²) in [4.78, 5) is 12.5. The Kier molecular flexibility index (Phi) is 4.66. The van der Waals surface area contributed by atoms with E-state index in [4.69, 9.17) is 4.74 Å². The summed E-state index contributed by atoms with van der Waals surface area (Å²) in [5.41, 5.74) is 1.99. The molecule has 0 bridgehead atoms. The Bertz CT molecular complexity index is 609. The van der Waals surface area contributed by atoms with Crippen LogP contribution >= 0.6 is 0 Å². The fourth-order valence-electron chi connectivity index (χ4n) is 2.90. The molecule has 0 radical (unpaired) electrons. The Morgan fingerprint density at radius 1 is 1.00 bits per heavy atom. The van der Waals surface area contributed by atoms with E-state index in [0.717, 1.165) is 11.1 Å². The van der Waals surface area contributed by atoms with E-state index < -0.39 is 12.2 Å². The number of ketones is 1. The molecule has 0 amide bonds. The van der Waals surface area contributed by atoms with Crippen LogP contribution in [0.15, 0.2) is 60.7 Å². The molecule has 3 rings (SSSR count). The van der Waals surface area contributed by atoms with E-state index in [9.17, 15) is 9.90 Å². The molecular formula is C19H20O3. The van der Waals surface area contributed by atoms with Crippen molar-refractivity contribution in [1.29, 1.82) is 0 Å². The molecule has 1 heterocycles. The van der Waals surface area contributed by atoms with Crippen LogP contribution in [0.1, 0.15) is 30.1 Å². The summed E-state index contributed by atoms with van der Waals surface area (Å²) >= 11 is 0. The first kappa shape index (κ1) is 14.9. The van der Waals surface area contributed by atoms with Gasteiger partial charge in [0.2, 0.25) is 0 Å². The Hall–Kier alpha value is -1.97. The first-order chi connectivity index (χ1) is 10.7. The Balaban J connectivity index is 1.69. The third-order valence-electron chi connectivity index (χ3n) is 4.05. The minimum atomic E-state index is -0.533. The van der Waals surface area contributed by atoms with Crippen molar-refractivity contribution < 1.29 is 14.6 Å². The Labute approximate surface area is 130 Å². The summed E-state index contributed by atoms with van der Waals surface area (Å²) in [5, 5.41) is 10.1. The van der Waals surface area contributed by atoms with Crippen molar-refractivity contribution >= 4 is 5.78 Å². The number of benzene rings is 2. The third kappa shape index (κ3) is 3.62. The number of aliphatic hydroxyl groups is 1. The fourth-order valence-corrected chi connectivity index (χ4v) is 2.90. The van der Waals surface area contributed by atoms with Crippen molar-refractivity contribution in [1.82, 2.24) is 0 Å². The molecule has 3 atom stereocenters. The predicted octanol–water partition coefficient (Wildman–Crippen LogP) is 3.08. The van der Waals surface area contributed by atoms with Crippen molar-refractivity contribution in [2.75, 3.05) is 0 Å². The number of carbonyl (C=O) groups is 1. The SMILES string of the molecule is O=C(Cc1ccccc1)C1CC(O)C[C@H](c2ccccc2)O1. The number of aliphatic hydroxyl groups excluding tert-OH is 1. The van der Waals surface area contributed by atoms with Gasteiger partial charge in [-0.05, 0) is 11.1 Å². The van der Waals surface area contributed by atoms with Gasteiger partial charge in [-0.3, -0.25) is 4.79 Å². The van der Waals surface area contributed by atoms with Gasteiger partial charge in [0, 0.05) is 19.3 Å². The number of hydrogen-bond acceptors (Lipinski definition) is 3. The van der Waals surface area contributed by atoms with Crippen LogP contribution in [0.3, 0.4) is 0 Å². The minimum Gasteiger partial charge on any atom is -0.393 e. The van der Waals surface area contributed by atoms with E-state index in [1.54, 1.807) is 0 Å². The molecule has 2 unspecified atom stereocenters. The van der Waals surface area contributed by atoms with E-state index in [2.05, 4.69) is 0 Å². The average molecular weight is 296 g/mol. The summed E-state index contributed by atoms with van der Waals surface area (Å²) < 4.78 is 5.97. The summed E-state index contributed by atoms with van der Waals surface area (Å²) in [6.45, 7) is 0. The Morgan fingerprint density at radius 2 is 1.64 bits per heavy atom. The minimum absolute atomic E-state index is 0.0332.